The third kappa shape index (κ3) is 3.73. The molecular formula is C16H24N2O2. The van der Waals surface area contributed by atoms with Gasteiger partial charge in [0.05, 0.1) is 6.61 Å². The predicted molar refractivity (Wildman–Crippen MR) is 80.7 cm³/mol. The number of hydrogen-bond acceptors (Lipinski definition) is 2. The van der Waals surface area contributed by atoms with Gasteiger partial charge in [-0.2, -0.15) is 0 Å². The van der Waals surface area contributed by atoms with Gasteiger partial charge in [0.25, 0.3) is 0 Å². The van der Waals surface area contributed by atoms with Gasteiger partial charge in [0.2, 0.25) is 0 Å². The number of methoxy groups -OCH3 is 1. The first-order valence-corrected chi connectivity index (χ1v) is 7.23. The first kappa shape index (κ1) is 14.9. The van der Waals surface area contributed by atoms with Crippen LogP contribution in [-0.4, -0.2) is 31.1 Å². The van der Waals surface area contributed by atoms with Crippen LogP contribution in [0.1, 0.15) is 25.8 Å². The lowest BCUT2D eigenvalue weighted by molar-refractivity contribution is 0.156. The van der Waals surface area contributed by atoms with E-state index in [0.29, 0.717) is 18.4 Å². The summed E-state index contributed by atoms with van der Waals surface area (Å²) < 4.78 is 5.16. The number of para-hydroxylation sites is 1. The van der Waals surface area contributed by atoms with E-state index < -0.39 is 0 Å². The Balaban J connectivity index is 2.04. The highest BCUT2D eigenvalue weighted by atomic mass is 16.5. The van der Waals surface area contributed by atoms with Crippen molar-refractivity contribution in [3.63, 3.8) is 0 Å². The van der Waals surface area contributed by atoms with Crippen molar-refractivity contribution >= 4 is 11.7 Å². The normalized spacial score (nSPS) is 22.6. The molecule has 1 aromatic rings. The molecule has 2 amide bonds. The summed E-state index contributed by atoms with van der Waals surface area (Å²) in [5.41, 5.74) is 1.84. The van der Waals surface area contributed by atoms with E-state index in [1.807, 2.05) is 29.2 Å². The number of rotatable bonds is 3. The molecule has 20 heavy (non-hydrogen) atoms. The van der Waals surface area contributed by atoms with Crippen molar-refractivity contribution in [3.8, 4) is 0 Å². The van der Waals surface area contributed by atoms with Gasteiger partial charge >= 0.3 is 6.03 Å². The Morgan fingerprint density at radius 3 is 2.60 bits per heavy atom. The fraction of sp³-hybridized carbons (Fsp3) is 0.562. The van der Waals surface area contributed by atoms with E-state index in [2.05, 4.69) is 19.2 Å². The summed E-state index contributed by atoms with van der Waals surface area (Å²) in [5.74, 6) is 1.14. The summed E-state index contributed by atoms with van der Waals surface area (Å²) in [6.45, 7) is 6.58. The number of nitrogens with one attached hydrogen (secondary N) is 1. The Bertz CT molecular complexity index is 452. The molecule has 1 heterocycles. The van der Waals surface area contributed by atoms with Gasteiger partial charge in [-0.15, -0.1) is 0 Å². The van der Waals surface area contributed by atoms with Crippen LogP contribution in [-0.2, 0) is 11.3 Å². The molecule has 1 N–H and O–H groups in total. The average molecular weight is 276 g/mol. The lowest BCUT2D eigenvalue weighted by Gasteiger charge is -2.35. The summed E-state index contributed by atoms with van der Waals surface area (Å²) in [6.07, 6.45) is 1.20. The molecule has 0 bridgehead atoms. The van der Waals surface area contributed by atoms with Crippen LogP contribution in [0, 0.1) is 11.8 Å². The Hall–Kier alpha value is -1.55. The minimum atomic E-state index is -0.00745. The van der Waals surface area contributed by atoms with E-state index in [9.17, 15) is 4.79 Å². The van der Waals surface area contributed by atoms with Crippen molar-refractivity contribution in [2.24, 2.45) is 11.8 Å². The molecule has 0 radical (unpaired) electrons. The number of carbonyl (C=O) groups is 1. The zero-order valence-corrected chi connectivity index (χ0v) is 12.6. The number of piperidine rings is 1. The standard InChI is InChI=1S/C16H24N2O2/c1-12-8-13(2)10-18(9-12)16(19)17-15-7-5-4-6-14(15)11-20-3/h4-7,12-13H,8-11H2,1-3H3,(H,17,19). The predicted octanol–water partition coefficient (Wildman–Crippen LogP) is 3.34. The van der Waals surface area contributed by atoms with Crippen LogP contribution >= 0.6 is 0 Å². The first-order valence-electron chi connectivity index (χ1n) is 7.23. The highest BCUT2D eigenvalue weighted by Gasteiger charge is 2.25. The Morgan fingerprint density at radius 2 is 1.95 bits per heavy atom. The molecule has 1 saturated heterocycles. The largest absolute Gasteiger partial charge is 0.380 e. The summed E-state index contributed by atoms with van der Waals surface area (Å²) >= 11 is 0. The van der Waals surface area contributed by atoms with Gasteiger partial charge in [0, 0.05) is 31.5 Å². The summed E-state index contributed by atoms with van der Waals surface area (Å²) in [6, 6.07) is 7.77. The van der Waals surface area contributed by atoms with Gasteiger partial charge in [0.1, 0.15) is 0 Å². The molecular weight excluding hydrogens is 252 g/mol. The van der Waals surface area contributed by atoms with Gasteiger partial charge < -0.3 is 15.0 Å². The fourth-order valence-electron chi connectivity index (χ4n) is 2.95. The molecule has 0 aliphatic carbocycles. The van der Waals surface area contributed by atoms with Crippen molar-refractivity contribution < 1.29 is 9.53 Å². The van der Waals surface area contributed by atoms with Gasteiger partial charge in [-0.25, -0.2) is 4.79 Å². The third-order valence-electron chi connectivity index (χ3n) is 3.71. The number of anilines is 1. The molecule has 1 aromatic carbocycles. The zero-order valence-electron chi connectivity index (χ0n) is 12.6. The van der Waals surface area contributed by atoms with Gasteiger partial charge in [-0.1, -0.05) is 32.0 Å². The average Bonchev–Trinajstić information content (AvgIpc) is 2.40. The highest BCUT2D eigenvalue weighted by Crippen LogP contribution is 2.22. The highest BCUT2D eigenvalue weighted by molar-refractivity contribution is 5.90. The maximum absolute atomic E-state index is 12.4. The second kappa shape index (κ2) is 6.75. The molecule has 1 fully saturated rings. The Morgan fingerprint density at radius 1 is 1.30 bits per heavy atom. The smallest absolute Gasteiger partial charge is 0.321 e. The lowest BCUT2D eigenvalue weighted by Crippen LogP contribution is -2.44. The molecule has 4 heteroatoms. The lowest BCUT2D eigenvalue weighted by atomic mass is 9.92. The molecule has 1 aliphatic heterocycles. The number of nitrogens with zero attached hydrogens (tertiary/aromatic N) is 1. The number of benzene rings is 1. The van der Waals surface area contributed by atoms with Crippen molar-refractivity contribution in [2.45, 2.75) is 26.9 Å². The molecule has 0 aromatic heterocycles. The van der Waals surface area contributed by atoms with Crippen molar-refractivity contribution in [1.29, 1.82) is 0 Å². The van der Waals surface area contributed by atoms with Crippen LogP contribution in [0.2, 0.25) is 0 Å². The molecule has 1 aliphatic rings. The first-order chi connectivity index (χ1) is 9.60. The minimum Gasteiger partial charge on any atom is -0.380 e. The van der Waals surface area contributed by atoms with Gasteiger partial charge in [0.15, 0.2) is 0 Å². The molecule has 4 nitrogen and oxygen atoms in total. The van der Waals surface area contributed by atoms with Crippen LogP contribution in [0.15, 0.2) is 24.3 Å². The van der Waals surface area contributed by atoms with Crippen LogP contribution < -0.4 is 5.32 Å². The number of urea groups is 1. The monoisotopic (exact) mass is 276 g/mol. The fourth-order valence-corrected chi connectivity index (χ4v) is 2.95. The number of amides is 2. The summed E-state index contributed by atoms with van der Waals surface area (Å²) in [4.78, 5) is 14.3. The second-order valence-corrected chi connectivity index (χ2v) is 5.87. The molecule has 110 valence electrons. The molecule has 2 rings (SSSR count). The molecule has 2 atom stereocenters. The van der Waals surface area contributed by atoms with E-state index in [4.69, 9.17) is 4.74 Å². The van der Waals surface area contributed by atoms with E-state index in [1.54, 1.807) is 7.11 Å². The number of likely N-dealkylation sites (tertiary alicyclic amines) is 1. The Kier molecular flexibility index (Phi) is 5.01. The van der Waals surface area contributed by atoms with Crippen LogP contribution in [0.5, 0.6) is 0 Å². The second-order valence-electron chi connectivity index (χ2n) is 5.87. The van der Waals surface area contributed by atoms with Crippen molar-refractivity contribution in [1.82, 2.24) is 4.90 Å². The van der Waals surface area contributed by atoms with Crippen molar-refractivity contribution in [3.05, 3.63) is 29.8 Å². The van der Waals surface area contributed by atoms with Crippen LogP contribution in [0.3, 0.4) is 0 Å². The third-order valence-corrected chi connectivity index (χ3v) is 3.71. The van der Waals surface area contributed by atoms with Crippen LogP contribution in [0.4, 0.5) is 10.5 Å². The minimum absolute atomic E-state index is 0.00745. The number of ether oxygens (including phenoxy) is 1. The Labute approximate surface area is 121 Å². The summed E-state index contributed by atoms with van der Waals surface area (Å²) in [5, 5.41) is 3.01. The van der Waals surface area contributed by atoms with E-state index in [1.165, 1.54) is 6.42 Å². The quantitative estimate of drug-likeness (QED) is 0.920. The van der Waals surface area contributed by atoms with Gasteiger partial charge in [-0.05, 0) is 24.3 Å². The molecule has 0 spiro atoms. The maximum Gasteiger partial charge on any atom is 0.321 e. The van der Waals surface area contributed by atoms with E-state index in [-0.39, 0.29) is 6.03 Å². The zero-order chi connectivity index (χ0) is 14.5. The summed E-state index contributed by atoms with van der Waals surface area (Å²) in [7, 11) is 1.66. The van der Waals surface area contributed by atoms with Crippen LogP contribution in [0.25, 0.3) is 0 Å². The van der Waals surface area contributed by atoms with Crippen molar-refractivity contribution in [2.75, 3.05) is 25.5 Å². The SMILES string of the molecule is COCc1ccccc1NC(=O)N1CC(C)CC(C)C1. The van der Waals surface area contributed by atoms with Gasteiger partial charge in [-0.3, -0.25) is 0 Å². The maximum atomic E-state index is 12.4. The molecule has 0 saturated carbocycles. The van der Waals surface area contributed by atoms with E-state index in [0.717, 1.165) is 24.3 Å². The number of hydrogen-bond donors (Lipinski definition) is 1. The van der Waals surface area contributed by atoms with E-state index >= 15 is 0 Å². The number of carbonyl (C=O) groups excluding carboxylic acids is 1. The topological polar surface area (TPSA) is 41.6 Å². The molecule has 2 unspecified atom stereocenters.